The molecule has 5 heteroatoms. The summed E-state index contributed by atoms with van der Waals surface area (Å²) in [6, 6.07) is 9.50. The summed E-state index contributed by atoms with van der Waals surface area (Å²) in [5.74, 6) is 1.54. The van der Waals surface area contributed by atoms with E-state index in [-0.39, 0.29) is 12.7 Å². The van der Waals surface area contributed by atoms with Crippen molar-refractivity contribution in [3.63, 3.8) is 0 Å². The third kappa shape index (κ3) is 2.59. The van der Waals surface area contributed by atoms with E-state index >= 15 is 0 Å². The molecule has 1 aliphatic heterocycles. The second kappa shape index (κ2) is 5.52. The Balaban J connectivity index is 1.78. The number of carbonyl (C=O) groups is 1. The quantitative estimate of drug-likeness (QED) is 0.867. The lowest BCUT2D eigenvalue weighted by atomic mass is 10.2. The van der Waals surface area contributed by atoms with Gasteiger partial charge in [-0.1, -0.05) is 6.07 Å². The number of nitrogens with zero attached hydrogens (tertiary/aromatic N) is 2. The van der Waals surface area contributed by atoms with Gasteiger partial charge in [-0.25, -0.2) is 0 Å². The Morgan fingerprint density at radius 1 is 1.29 bits per heavy atom. The lowest BCUT2D eigenvalue weighted by molar-refractivity contribution is 0.0743. The second-order valence-corrected chi connectivity index (χ2v) is 5.01. The van der Waals surface area contributed by atoms with Gasteiger partial charge in [0.1, 0.15) is 5.69 Å². The van der Waals surface area contributed by atoms with Gasteiger partial charge in [0.25, 0.3) is 5.91 Å². The molecule has 0 saturated heterocycles. The summed E-state index contributed by atoms with van der Waals surface area (Å²) in [6.07, 6.45) is 1.88. The van der Waals surface area contributed by atoms with E-state index < -0.39 is 0 Å². The number of fused-ring (bicyclic) bond motifs is 1. The van der Waals surface area contributed by atoms with Gasteiger partial charge in [0, 0.05) is 26.3 Å². The van der Waals surface area contributed by atoms with Gasteiger partial charge >= 0.3 is 0 Å². The van der Waals surface area contributed by atoms with E-state index in [0.29, 0.717) is 18.8 Å². The van der Waals surface area contributed by atoms with Crippen molar-refractivity contribution in [2.45, 2.75) is 13.5 Å². The molecule has 1 aromatic carbocycles. The van der Waals surface area contributed by atoms with Crippen LogP contribution in [0, 0.1) is 0 Å². The maximum atomic E-state index is 12.5. The third-order valence-corrected chi connectivity index (χ3v) is 3.64. The van der Waals surface area contributed by atoms with Gasteiger partial charge in [0.15, 0.2) is 11.5 Å². The molecule has 0 radical (unpaired) electrons. The number of ether oxygens (including phenoxy) is 2. The fraction of sp³-hybridized carbons (Fsp3) is 0.312. The first-order valence-electron chi connectivity index (χ1n) is 6.98. The Labute approximate surface area is 123 Å². The van der Waals surface area contributed by atoms with Gasteiger partial charge < -0.3 is 18.9 Å². The summed E-state index contributed by atoms with van der Waals surface area (Å²) in [6.45, 7) is 3.45. The predicted molar refractivity (Wildman–Crippen MR) is 78.4 cm³/mol. The molecule has 0 atom stereocenters. The highest BCUT2D eigenvalue weighted by Crippen LogP contribution is 2.32. The fourth-order valence-electron chi connectivity index (χ4n) is 2.43. The standard InChI is InChI=1S/C16H18N2O3/c1-3-18(16(19)13-5-4-8-17(13)2)10-12-6-7-14-15(9-12)21-11-20-14/h4-9H,3,10-11H2,1-2H3. The van der Waals surface area contributed by atoms with Gasteiger partial charge in [-0.05, 0) is 36.8 Å². The molecule has 2 heterocycles. The number of rotatable bonds is 4. The number of aryl methyl sites for hydroxylation is 1. The smallest absolute Gasteiger partial charge is 0.270 e. The zero-order valence-corrected chi connectivity index (χ0v) is 12.2. The zero-order valence-electron chi connectivity index (χ0n) is 12.2. The van der Waals surface area contributed by atoms with Crippen molar-refractivity contribution in [3.8, 4) is 11.5 Å². The van der Waals surface area contributed by atoms with E-state index in [1.54, 1.807) is 0 Å². The zero-order chi connectivity index (χ0) is 14.8. The van der Waals surface area contributed by atoms with E-state index in [9.17, 15) is 4.79 Å². The van der Waals surface area contributed by atoms with E-state index in [1.165, 1.54) is 0 Å². The Kier molecular flexibility index (Phi) is 3.56. The molecular formula is C16H18N2O3. The summed E-state index contributed by atoms with van der Waals surface area (Å²) < 4.78 is 12.5. The average Bonchev–Trinajstić information content (AvgIpc) is 3.12. The van der Waals surface area contributed by atoms with Crippen molar-refractivity contribution >= 4 is 5.91 Å². The largest absolute Gasteiger partial charge is 0.454 e. The summed E-state index contributed by atoms with van der Waals surface area (Å²) in [4.78, 5) is 14.4. The van der Waals surface area contributed by atoms with Crippen LogP contribution in [-0.2, 0) is 13.6 Å². The Morgan fingerprint density at radius 3 is 2.81 bits per heavy atom. The summed E-state index contributed by atoms with van der Waals surface area (Å²) in [5, 5.41) is 0. The molecule has 0 saturated carbocycles. The summed E-state index contributed by atoms with van der Waals surface area (Å²) in [5.41, 5.74) is 1.72. The second-order valence-electron chi connectivity index (χ2n) is 5.01. The van der Waals surface area contributed by atoms with Crippen LogP contribution < -0.4 is 9.47 Å². The maximum Gasteiger partial charge on any atom is 0.270 e. The molecule has 1 aromatic heterocycles. The average molecular weight is 286 g/mol. The highest BCUT2D eigenvalue weighted by atomic mass is 16.7. The number of aromatic nitrogens is 1. The molecule has 0 bridgehead atoms. The molecule has 0 fully saturated rings. The minimum atomic E-state index is 0.0302. The maximum absolute atomic E-state index is 12.5. The predicted octanol–water partition coefficient (Wildman–Crippen LogP) is 2.42. The summed E-state index contributed by atoms with van der Waals surface area (Å²) >= 11 is 0. The highest BCUT2D eigenvalue weighted by Gasteiger charge is 2.19. The van der Waals surface area contributed by atoms with E-state index in [1.807, 2.05) is 60.0 Å². The van der Waals surface area contributed by atoms with Crippen molar-refractivity contribution in [1.29, 1.82) is 0 Å². The molecule has 2 aromatic rings. The van der Waals surface area contributed by atoms with E-state index in [2.05, 4.69) is 0 Å². The van der Waals surface area contributed by atoms with Crippen molar-refractivity contribution in [2.75, 3.05) is 13.3 Å². The van der Waals surface area contributed by atoms with Crippen molar-refractivity contribution in [3.05, 3.63) is 47.8 Å². The van der Waals surface area contributed by atoms with Gasteiger partial charge in [-0.2, -0.15) is 0 Å². The van der Waals surface area contributed by atoms with Crippen LogP contribution in [-0.4, -0.2) is 28.7 Å². The molecule has 3 rings (SSSR count). The van der Waals surface area contributed by atoms with Crippen LogP contribution in [0.2, 0.25) is 0 Å². The van der Waals surface area contributed by atoms with Gasteiger partial charge in [-0.3, -0.25) is 4.79 Å². The van der Waals surface area contributed by atoms with Crippen LogP contribution in [0.15, 0.2) is 36.5 Å². The number of hydrogen-bond donors (Lipinski definition) is 0. The Hall–Kier alpha value is -2.43. The van der Waals surface area contributed by atoms with Crippen molar-refractivity contribution in [2.24, 2.45) is 7.05 Å². The Bertz CT molecular complexity index is 663. The fourth-order valence-corrected chi connectivity index (χ4v) is 2.43. The number of hydrogen-bond acceptors (Lipinski definition) is 3. The molecule has 0 unspecified atom stereocenters. The monoisotopic (exact) mass is 286 g/mol. The molecule has 110 valence electrons. The van der Waals surface area contributed by atoms with Crippen LogP contribution >= 0.6 is 0 Å². The number of carbonyl (C=O) groups excluding carboxylic acids is 1. The van der Waals surface area contributed by atoms with Crippen LogP contribution in [0.4, 0.5) is 0 Å². The number of benzene rings is 1. The SMILES string of the molecule is CCN(Cc1ccc2c(c1)OCO2)C(=O)c1cccn1C. The highest BCUT2D eigenvalue weighted by molar-refractivity contribution is 5.92. The normalized spacial score (nSPS) is 12.5. The first kappa shape index (κ1) is 13.5. The third-order valence-electron chi connectivity index (χ3n) is 3.64. The topological polar surface area (TPSA) is 43.7 Å². The van der Waals surface area contributed by atoms with Crippen molar-refractivity contribution in [1.82, 2.24) is 9.47 Å². The van der Waals surface area contributed by atoms with Gasteiger partial charge in [0.2, 0.25) is 6.79 Å². The lowest BCUT2D eigenvalue weighted by Crippen LogP contribution is -2.31. The molecule has 1 aliphatic rings. The molecule has 0 aliphatic carbocycles. The Morgan fingerprint density at radius 2 is 2.10 bits per heavy atom. The molecule has 1 amide bonds. The first-order valence-corrected chi connectivity index (χ1v) is 6.98. The van der Waals surface area contributed by atoms with Crippen molar-refractivity contribution < 1.29 is 14.3 Å². The number of amides is 1. The van der Waals surface area contributed by atoms with Crippen LogP contribution in [0.1, 0.15) is 23.0 Å². The minimum Gasteiger partial charge on any atom is -0.454 e. The molecular weight excluding hydrogens is 268 g/mol. The van der Waals surface area contributed by atoms with Gasteiger partial charge in [-0.15, -0.1) is 0 Å². The van der Waals surface area contributed by atoms with E-state index in [4.69, 9.17) is 9.47 Å². The van der Waals surface area contributed by atoms with Gasteiger partial charge in [0.05, 0.1) is 0 Å². The van der Waals surface area contributed by atoms with E-state index in [0.717, 1.165) is 17.1 Å². The molecule has 21 heavy (non-hydrogen) atoms. The molecule has 5 nitrogen and oxygen atoms in total. The minimum absolute atomic E-state index is 0.0302. The van der Waals surface area contributed by atoms with Crippen LogP contribution in [0.5, 0.6) is 11.5 Å². The van der Waals surface area contributed by atoms with Crippen LogP contribution in [0.3, 0.4) is 0 Å². The van der Waals surface area contributed by atoms with Crippen LogP contribution in [0.25, 0.3) is 0 Å². The first-order chi connectivity index (χ1) is 10.2. The summed E-state index contributed by atoms with van der Waals surface area (Å²) in [7, 11) is 1.88. The lowest BCUT2D eigenvalue weighted by Gasteiger charge is -2.21. The molecule has 0 N–H and O–H groups in total. The molecule has 0 spiro atoms.